The lowest BCUT2D eigenvalue weighted by atomic mass is 10.1. The van der Waals surface area contributed by atoms with Gasteiger partial charge in [-0.25, -0.2) is 0 Å². The Kier molecular flexibility index (Phi) is 18.1. The zero-order valence-corrected chi connectivity index (χ0v) is 79.8. The Balaban J connectivity index is 0.0000000999. The van der Waals surface area contributed by atoms with E-state index < -0.39 is 0 Å². The third-order valence-corrected chi connectivity index (χ3v) is 31.2. The molecule has 684 valence electrons. The van der Waals surface area contributed by atoms with E-state index in [4.69, 9.17) is 0 Å². The summed E-state index contributed by atoms with van der Waals surface area (Å²) in [6.07, 6.45) is 0. The van der Waals surface area contributed by atoms with Crippen LogP contribution in [0.15, 0.2) is 528 Å². The maximum atomic E-state index is 2.54. The first kappa shape index (κ1) is 82.0. The fraction of sp³-hybridized carbons (Fsp3) is 0. The van der Waals surface area contributed by atoms with Gasteiger partial charge in [0.1, 0.15) is 0 Å². The van der Waals surface area contributed by atoms with Crippen molar-refractivity contribution in [2.75, 3.05) is 0 Å². The highest BCUT2D eigenvalue weighted by Crippen LogP contribution is 2.51. The number of hydrogen-bond donors (Lipinski definition) is 0. The quantitative estimate of drug-likeness (QED) is 0.138. The number of benzene rings is 24. The fourth-order valence-electron chi connectivity index (χ4n) is 25.1. The minimum Gasteiger partial charge on any atom is -0.309 e. The zero-order chi connectivity index (χ0) is 96.2. The summed E-state index contributed by atoms with van der Waals surface area (Å²) in [5, 5.41) is 30.1. The molecule has 0 aliphatic carbocycles. The molecule has 0 bridgehead atoms. The first-order valence-corrected chi connectivity index (χ1v) is 50.6. The molecule has 0 radical (unpaired) electrons. The summed E-state index contributed by atoms with van der Waals surface area (Å²) in [4.78, 5) is 0. The van der Waals surface area contributed by atoms with Crippen molar-refractivity contribution >= 4 is 229 Å². The number of rotatable bonds is 9. The zero-order valence-electron chi connectivity index (χ0n) is 79.8. The van der Waals surface area contributed by atoms with Gasteiger partial charge in [0.15, 0.2) is 0 Å². The smallest absolute Gasteiger partial charge is 0.0641 e. The molecule has 33 rings (SSSR count). The highest BCUT2D eigenvalue weighted by molar-refractivity contribution is 6.31. The number of para-hydroxylation sites is 12. The fourth-order valence-corrected chi connectivity index (χ4v) is 25.1. The molecule has 0 N–H and O–H groups in total. The Labute approximate surface area is 842 Å². The van der Waals surface area contributed by atoms with Crippen LogP contribution < -0.4 is 0 Å². The molecule has 24 aromatic carbocycles. The summed E-state index contributed by atoms with van der Waals surface area (Å²) in [5.41, 5.74) is 32.2. The van der Waals surface area contributed by atoms with Crippen molar-refractivity contribution in [2.45, 2.75) is 0 Å². The predicted molar refractivity (Wildman–Crippen MR) is 621 cm³/mol. The maximum absolute atomic E-state index is 2.54. The summed E-state index contributed by atoms with van der Waals surface area (Å²) >= 11 is 0. The molecule has 0 amide bonds. The lowest BCUT2D eigenvalue weighted by Gasteiger charge is -2.13. The van der Waals surface area contributed by atoms with Gasteiger partial charge in [0, 0.05) is 137 Å². The first-order chi connectivity index (χ1) is 73.0. The summed E-state index contributed by atoms with van der Waals surface area (Å²) in [7, 11) is 0. The summed E-state index contributed by atoms with van der Waals surface area (Å²) in [6, 6.07) is 193. The Hall–Kier alpha value is -19.7. The third-order valence-electron chi connectivity index (χ3n) is 31.2. The number of hydrogen-bond acceptors (Lipinski definition) is 0. The van der Waals surface area contributed by atoms with Crippen LogP contribution in [0.4, 0.5) is 0 Å². The van der Waals surface area contributed by atoms with Crippen molar-refractivity contribution < 1.29 is 0 Å². The van der Waals surface area contributed by atoms with Crippen LogP contribution in [0.1, 0.15) is 0 Å². The lowest BCUT2D eigenvalue weighted by molar-refractivity contribution is 1.16. The Bertz CT molecular complexity index is 11200. The highest BCUT2D eigenvalue weighted by atomic mass is 15.1. The average molecular weight is 1870 g/mol. The van der Waals surface area contributed by atoms with E-state index in [1.807, 2.05) is 0 Å². The van der Waals surface area contributed by atoms with Gasteiger partial charge in [-0.2, -0.15) is 0 Å². The van der Waals surface area contributed by atoms with Gasteiger partial charge in [-0.3, -0.25) is 0 Å². The monoisotopic (exact) mass is 1870 g/mol. The van der Waals surface area contributed by atoms with E-state index in [9.17, 15) is 0 Å². The predicted octanol–water partition coefficient (Wildman–Crippen LogP) is 36.4. The summed E-state index contributed by atoms with van der Waals surface area (Å²) in [6.45, 7) is 0. The molecule has 9 aromatic heterocycles. The second-order valence-electron chi connectivity index (χ2n) is 38.9. The van der Waals surface area contributed by atoms with Crippen LogP contribution in [0, 0.1) is 0 Å². The molecular formula is C138H87N9. The van der Waals surface area contributed by atoms with Crippen LogP contribution in [0.2, 0.25) is 0 Å². The molecule has 0 aliphatic rings. The second kappa shape index (κ2) is 32.4. The molecule has 0 aliphatic heterocycles. The van der Waals surface area contributed by atoms with Gasteiger partial charge >= 0.3 is 0 Å². The van der Waals surface area contributed by atoms with Crippen molar-refractivity contribution in [1.82, 2.24) is 41.1 Å². The molecular weight excluding hydrogens is 1780 g/mol. The van der Waals surface area contributed by atoms with Crippen LogP contribution >= 0.6 is 0 Å². The van der Waals surface area contributed by atoms with E-state index in [-0.39, 0.29) is 0 Å². The van der Waals surface area contributed by atoms with E-state index in [2.05, 4.69) is 569 Å². The van der Waals surface area contributed by atoms with Crippen molar-refractivity contribution in [3.63, 3.8) is 0 Å². The van der Waals surface area contributed by atoms with E-state index in [1.54, 1.807) is 0 Å². The van der Waals surface area contributed by atoms with Gasteiger partial charge in [-0.1, -0.05) is 346 Å². The molecule has 0 fully saturated rings. The lowest BCUT2D eigenvalue weighted by Crippen LogP contribution is -1.97. The van der Waals surface area contributed by atoms with Gasteiger partial charge in [0.05, 0.1) is 111 Å². The molecule has 0 saturated heterocycles. The first-order valence-electron chi connectivity index (χ1n) is 50.6. The van der Waals surface area contributed by atoms with Crippen LogP contribution in [-0.4, -0.2) is 41.1 Å². The SMILES string of the molecule is c1ccc(-n2c3ccccc3c3c2ccc2c4ccccc4n(-c4ccc5c6ccccc6n(-c6ccc7ccccc7c6)c5c4)c23)cc1.c1ccc(-n2c3ccccc3c3c2ccc2c4ccccc4n(-c4cccc5c4c4ccccc4n5-c4ccc5ccccc5c4)c23)cc1.c1ccc(-n2c3ccccc3c3ccc4c(c5ccccc5n4-c4cccc5c4c4ccccc4n5-c4ccc5ccccc5c4)c32)cc1. The molecule has 0 atom stereocenters. The number of fused-ring (bicyclic) bond motifs is 33. The second-order valence-corrected chi connectivity index (χ2v) is 38.9. The highest BCUT2D eigenvalue weighted by Gasteiger charge is 2.30. The van der Waals surface area contributed by atoms with Gasteiger partial charge in [-0.15, -0.1) is 0 Å². The third kappa shape index (κ3) is 12.2. The topological polar surface area (TPSA) is 44.4 Å². The minimum atomic E-state index is 1.15. The van der Waals surface area contributed by atoms with Gasteiger partial charge in [0.25, 0.3) is 0 Å². The molecule has 0 spiro atoms. The average Bonchev–Trinajstić information content (AvgIpc) is 1.54. The molecule has 9 heteroatoms. The summed E-state index contributed by atoms with van der Waals surface area (Å²) < 4.78 is 22.1. The van der Waals surface area contributed by atoms with E-state index >= 15 is 0 Å². The molecule has 33 aromatic rings. The normalized spacial score (nSPS) is 12.1. The van der Waals surface area contributed by atoms with Crippen molar-refractivity contribution in [1.29, 1.82) is 0 Å². The van der Waals surface area contributed by atoms with Gasteiger partial charge < -0.3 is 41.1 Å². The van der Waals surface area contributed by atoms with Crippen molar-refractivity contribution in [2.24, 2.45) is 0 Å². The molecule has 9 heterocycles. The van der Waals surface area contributed by atoms with E-state index in [0.717, 1.165) is 28.4 Å². The Morgan fingerprint density at radius 1 is 0.0952 bits per heavy atom. The van der Waals surface area contributed by atoms with Crippen LogP contribution in [-0.2, 0) is 0 Å². The molecule has 9 nitrogen and oxygen atoms in total. The maximum Gasteiger partial charge on any atom is 0.0641 e. The van der Waals surface area contributed by atoms with Gasteiger partial charge in [0.2, 0.25) is 0 Å². The standard InChI is InChI=1S/3C46H29N3/c1-2-15-32(16-3-1)48-38-20-9-6-17-34(38)35-27-28-43-45(46(35)48)37-19-8-11-22-40(37)49(43)42-24-12-23-41-44(42)36-18-7-10-21-39(36)47(41)33-26-25-30-13-4-5-14-31(30)29-33;1-2-15-32(16-3-1)47-40-22-11-8-19-37(40)45-43(47)28-27-35-34-17-6-9-20-38(34)49(46(35)45)42-24-12-23-41-44(42)36-18-7-10-21-39(36)48(41)33-26-25-30-13-4-5-14-31(30)29-33;1-2-14-32(15-3-1)47-42-21-11-8-18-39(42)45-43(47)27-26-38-36-17-7-10-20-41(36)49(46(38)45)34-24-25-37-35-16-6-9-19-40(35)48(44(37)29-34)33-23-22-30-12-4-5-13-31(30)28-33/h3*1-29H. The number of aromatic nitrogens is 9. The molecule has 147 heavy (non-hydrogen) atoms. The van der Waals surface area contributed by atoms with E-state index in [0.29, 0.717) is 0 Å². The molecule has 0 saturated carbocycles. The number of nitrogens with zero attached hydrogens (tertiary/aromatic N) is 9. The van der Waals surface area contributed by atoms with Gasteiger partial charge in [-0.05, 0) is 214 Å². The van der Waals surface area contributed by atoms with Crippen LogP contribution in [0.5, 0.6) is 0 Å². The molecule has 0 unspecified atom stereocenters. The van der Waals surface area contributed by atoms with Crippen molar-refractivity contribution in [3.8, 4) is 51.2 Å². The Morgan fingerprint density at radius 3 is 0.694 bits per heavy atom. The van der Waals surface area contributed by atoms with Crippen molar-refractivity contribution in [3.05, 3.63) is 528 Å². The van der Waals surface area contributed by atoms with E-state index in [1.165, 1.54) is 251 Å². The largest absolute Gasteiger partial charge is 0.309 e. The summed E-state index contributed by atoms with van der Waals surface area (Å²) in [5.74, 6) is 0. The Morgan fingerprint density at radius 2 is 0.313 bits per heavy atom. The van der Waals surface area contributed by atoms with Crippen LogP contribution in [0.25, 0.3) is 280 Å². The minimum absolute atomic E-state index is 1.15. The van der Waals surface area contributed by atoms with Crippen LogP contribution in [0.3, 0.4) is 0 Å².